The molecule has 39 heteroatoms. The van der Waals surface area contributed by atoms with Crippen molar-refractivity contribution in [3.63, 3.8) is 0 Å². The summed E-state index contributed by atoms with van der Waals surface area (Å²) in [6.45, 7) is 9.55. The lowest BCUT2D eigenvalue weighted by atomic mass is 10.1. The molecule has 16 N–H and O–H groups in total. The van der Waals surface area contributed by atoms with Gasteiger partial charge in [0.2, 0.25) is 29.5 Å². The number of hydrogen-bond donors (Lipinski definition) is 16. The second-order valence-electron chi connectivity index (χ2n) is 26.4. The van der Waals surface area contributed by atoms with Gasteiger partial charge in [0, 0.05) is 110 Å². The topological polar surface area (TPSA) is 553 Å². The van der Waals surface area contributed by atoms with Gasteiger partial charge in [-0.05, 0) is 78.8 Å². The van der Waals surface area contributed by atoms with Gasteiger partial charge in [0.15, 0.2) is 0 Å². The van der Waals surface area contributed by atoms with Crippen LogP contribution in [0.25, 0.3) is 0 Å². The normalized spacial score (nSPS) is 15.6. The third-order valence-electron chi connectivity index (χ3n) is 16.6. The molecular weight excluding hydrogens is 1370 g/mol. The zero-order valence-electron chi connectivity index (χ0n) is 58.1. The number of hydrogen-bond acceptors (Lipinski definition) is 21. The molecule has 1 aromatic rings. The van der Waals surface area contributed by atoms with Crippen LogP contribution in [-0.2, 0) is 71.9 Å². The number of unbranched alkanes of at least 4 members (excludes halogenated alkanes) is 1. The quantitative estimate of drug-likeness (QED) is 0.0150. The number of nitrogens with one attached hydrogen (secondary N) is 8. The van der Waals surface area contributed by atoms with E-state index in [0.29, 0.717) is 5.19 Å². The van der Waals surface area contributed by atoms with Crippen LogP contribution in [0, 0.1) is 0 Å². The van der Waals surface area contributed by atoms with Crippen LogP contribution in [0.3, 0.4) is 0 Å². The fraction of sp³-hybridized carbons (Fsp3) is 0.651. The third kappa shape index (κ3) is 32.9. The molecule has 572 valence electrons. The van der Waals surface area contributed by atoms with Gasteiger partial charge in [0.05, 0.1) is 13.1 Å². The number of carbonyl (C=O) groups is 16. The maximum absolute atomic E-state index is 17.1. The highest BCUT2D eigenvalue weighted by Crippen LogP contribution is 2.51. The summed E-state index contributed by atoms with van der Waals surface area (Å²) >= 11 is 0. The Labute approximate surface area is 588 Å². The molecule has 1 aliphatic rings. The smallest absolute Gasteiger partial charge is 0.326 e. The zero-order valence-corrected chi connectivity index (χ0v) is 59.1. The van der Waals surface area contributed by atoms with E-state index in [1.54, 1.807) is 51.3 Å². The monoisotopic (exact) mass is 1470 g/mol. The molecule has 0 saturated carbocycles. The Balaban J connectivity index is 2.15. The minimum Gasteiger partial charge on any atom is -0.481 e. The highest BCUT2D eigenvalue weighted by atomic mass is 28.4. The Morgan fingerprint density at radius 1 is 0.471 bits per heavy atom. The van der Waals surface area contributed by atoms with E-state index in [1.165, 1.54) is 34.1 Å². The summed E-state index contributed by atoms with van der Waals surface area (Å²) in [6, 6.07) is -5.08. The lowest BCUT2D eigenvalue weighted by molar-refractivity contribution is -0.145. The van der Waals surface area contributed by atoms with Crippen molar-refractivity contribution in [1.29, 1.82) is 0 Å². The average Bonchev–Trinajstić information content (AvgIpc) is 0.748. The van der Waals surface area contributed by atoms with Crippen molar-refractivity contribution in [2.24, 2.45) is 0 Å². The average molecular weight is 1470 g/mol. The standard InChI is InChI=1S/C63H99FN12O25Si/c1-62(2,3)102(64,63(4,5)6)40-14-12-39(13-15-40)54(88)67-34-45(69-50(81)20-18-46(60(98)99)76-32-30-74(36-53(86)87)27-26-73(35-52(84)85)28-29-75(31-33-76)37-101-38-77)55(89)70-42(57(92)93)10-7-8-24-65-47(78)21-22-48(79)66-25-9-11-41(56(90)91)68-49(80)19-16-43(58(94)95)71-61(100)72-44(59(96)97)17-23-51(82)83/h12-15,38,41-46H,7-11,16-37H2,1-6H3,(H,65,78)(H,66,79)(H,67,88)(H,68,80)(H,69,81)(H,70,89)(H,82,83)(H,84,85)(H,86,87)(H,90,91)(H,92,93)(H,94,95)(H,96,97)(H,98,99)(H2,71,72,100)/t41-,42-,43+,44+,45?,46?/m1/s1. The molecule has 1 saturated heterocycles. The molecule has 0 aliphatic carbocycles. The van der Waals surface area contributed by atoms with Gasteiger partial charge in [0.25, 0.3) is 20.8 Å². The SMILES string of the molecule is CC(C)(C)[Si](F)(c1ccc(C(=O)NCC(NC(=O)CCC(C(=O)O)N2CCN(COC=O)CCN(CC(=O)O)CCN(CC(=O)O)CC2)C(=O)N[C@H](CCCCNC(=O)CCC(=O)NCCC[C@@H](NC(=O)CC[C@H](NC(=O)N[C@@H](CCC(=O)O)C(=O)O)C(=O)O)C(=O)O)C(=O)O)cc1)C(C)(C)C. The van der Waals surface area contributed by atoms with Crippen LogP contribution in [0.15, 0.2) is 24.3 Å². The van der Waals surface area contributed by atoms with E-state index in [1.807, 2.05) is 10.6 Å². The molecule has 1 aliphatic heterocycles. The number of urea groups is 1. The second-order valence-corrected chi connectivity index (χ2v) is 31.3. The van der Waals surface area contributed by atoms with Crippen LogP contribution in [0.2, 0.25) is 10.1 Å². The maximum atomic E-state index is 17.1. The van der Waals surface area contributed by atoms with Gasteiger partial charge in [0.1, 0.15) is 43.0 Å². The van der Waals surface area contributed by atoms with Crippen LogP contribution in [0.4, 0.5) is 8.90 Å². The van der Waals surface area contributed by atoms with Crippen LogP contribution >= 0.6 is 0 Å². The number of nitrogens with zero attached hydrogens (tertiary/aromatic N) is 4. The third-order valence-corrected chi connectivity index (χ3v) is 21.9. The van der Waals surface area contributed by atoms with Crippen LogP contribution in [-0.4, -0.2) is 293 Å². The van der Waals surface area contributed by atoms with E-state index in [2.05, 4.69) is 31.9 Å². The van der Waals surface area contributed by atoms with Gasteiger partial charge in [-0.1, -0.05) is 53.7 Å². The Morgan fingerprint density at radius 3 is 1.35 bits per heavy atom. The predicted octanol–water partition coefficient (Wildman–Crippen LogP) is -1.67. The minimum absolute atomic E-state index is 0.000994. The Bertz CT molecular complexity index is 3050. The molecule has 0 bridgehead atoms. The highest BCUT2D eigenvalue weighted by molar-refractivity contribution is 6.90. The number of halogens is 1. The van der Waals surface area contributed by atoms with E-state index < -0.39 is 196 Å². The summed E-state index contributed by atoms with van der Waals surface area (Å²) < 4.78 is 22.1. The van der Waals surface area contributed by atoms with Crippen molar-refractivity contribution in [2.75, 3.05) is 91.8 Å². The number of amides is 8. The van der Waals surface area contributed by atoms with Gasteiger partial charge < -0.3 is 92.2 Å². The maximum Gasteiger partial charge on any atom is 0.326 e. The first-order chi connectivity index (χ1) is 47.7. The summed E-state index contributed by atoms with van der Waals surface area (Å²) in [5, 5.41) is 94.7. The Kier molecular flexibility index (Phi) is 38.2. The fourth-order valence-corrected chi connectivity index (χ4v) is 15.9. The van der Waals surface area contributed by atoms with Crippen LogP contribution in [0.5, 0.6) is 0 Å². The molecular formula is C63H99FN12O25Si. The van der Waals surface area contributed by atoms with Crippen molar-refractivity contribution in [2.45, 2.75) is 171 Å². The summed E-state index contributed by atoms with van der Waals surface area (Å²) in [4.78, 5) is 204. The number of benzene rings is 1. The number of rotatable bonds is 44. The molecule has 2 unspecified atom stereocenters. The molecule has 0 radical (unpaired) electrons. The van der Waals surface area contributed by atoms with Crippen molar-refractivity contribution < 1.29 is 126 Å². The lowest BCUT2D eigenvalue weighted by Gasteiger charge is -2.44. The predicted molar refractivity (Wildman–Crippen MR) is 359 cm³/mol. The molecule has 102 heavy (non-hydrogen) atoms. The van der Waals surface area contributed by atoms with E-state index in [-0.39, 0.29) is 136 Å². The first-order valence-electron chi connectivity index (χ1n) is 33.0. The van der Waals surface area contributed by atoms with Gasteiger partial charge >= 0.3 is 53.8 Å². The van der Waals surface area contributed by atoms with Crippen molar-refractivity contribution in [1.82, 2.24) is 62.1 Å². The van der Waals surface area contributed by atoms with Crippen LogP contribution < -0.4 is 47.7 Å². The van der Waals surface area contributed by atoms with Crippen molar-refractivity contribution in [3.8, 4) is 0 Å². The van der Waals surface area contributed by atoms with Gasteiger partial charge in [-0.2, -0.15) is 0 Å². The van der Waals surface area contributed by atoms with E-state index in [4.69, 9.17) is 9.84 Å². The van der Waals surface area contributed by atoms with Crippen molar-refractivity contribution >= 4 is 109 Å². The fourth-order valence-electron chi connectivity index (χ4n) is 11.3. The molecule has 1 heterocycles. The summed E-state index contributed by atoms with van der Waals surface area (Å²) in [5.74, 6) is -16.2. The van der Waals surface area contributed by atoms with E-state index >= 15 is 4.11 Å². The highest BCUT2D eigenvalue weighted by Gasteiger charge is 2.56. The summed E-state index contributed by atoms with van der Waals surface area (Å²) in [7, 11) is -3.77. The first kappa shape index (κ1) is 88.6. The first-order valence-corrected chi connectivity index (χ1v) is 34.9. The number of aliphatic carboxylic acids is 8. The number of ether oxygens (including phenoxy) is 1. The van der Waals surface area contributed by atoms with Gasteiger partial charge in [-0.15, -0.1) is 0 Å². The molecule has 1 fully saturated rings. The molecule has 37 nitrogen and oxygen atoms in total. The molecule has 2 rings (SSSR count). The Morgan fingerprint density at radius 2 is 0.892 bits per heavy atom. The van der Waals surface area contributed by atoms with E-state index in [9.17, 15) is 112 Å². The van der Waals surface area contributed by atoms with E-state index in [0.717, 1.165) is 0 Å². The van der Waals surface area contributed by atoms with Crippen molar-refractivity contribution in [3.05, 3.63) is 29.8 Å². The van der Waals surface area contributed by atoms with Crippen LogP contribution in [0.1, 0.15) is 135 Å². The number of carbonyl (C=O) groups excluding carboxylic acids is 8. The Hall–Kier alpha value is -9.47. The summed E-state index contributed by atoms with van der Waals surface area (Å²) in [5.41, 5.74) is 0.0467. The molecule has 8 amide bonds. The van der Waals surface area contributed by atoms with Gasteiger partial charge in [-0.3, -0.25) is 72.3 Å². The zero-order chi connectivity index (χ0) is 77.1. The molecule has 1 aromatic carbocycles. The minimum atomic E-state index is -3.77. The molecule has 6 atom stereocenters. The summed E-state index contributed by atoms with van der Waals surface area (Å²) in [6.07, 6.45) is -4.15. The second kappa shape index (κ2) is 44.0. The lowest BCUT2D eigenvalue weighted by Crippen LogP contribution is -2.58. The number of carboxylic acids is 8. The number of carboxylic acid groups (broad SMARTS) is 8. The molecule has 0 aromatic heterocycles. The largest absolute Gasteiger partial charge is 0.481 e. The van der Waals surface area contributed by atoms with Gasteiger partial charge in [-0.25, -0.2) is 24.0 Å². The molecule has 0 spiro atoms.